The Kier molecular flexibility index (Phi) is 4.22. The molecule has 1 atom stereocenters. The predicted octanol–water partition coefficient (Wildman–Crippen LogP) is 2.70. The number of hydrogen-bond acceptors (Lipinski definition) is 5. The van der Waals surface area contributed by atoms with Crippen LogP contribution < -0.4 is 19.5 Å². The lowest BCUT2D eigenvalue weighted by atomic mass is 10.1. The summed E-state index contributed by atoms with van der Waals surface area (Å²) < 4.78 is 39.7. The SMILES string of the molecule is CCOc1cc2c(cc1NS(=O)(=O)c1ccc3c(c1)CC(=O)N3)OC(C)C2. The van der Waals surface area contributed by atoms with Crippen molar-refractivity contribution in [2.24, 2.45) is 0 Å². The molecule has 0 fully saturated rings. The smallest absolute Gasteiger partial charge is 0.262 e. The number of hydrogen-bond donors (Lipinski definition) is 2. The standard InChI is InChI=1S/C19H20N2O5S/c1-3-25-18-8-13-6-11(2)26-17(13)10-16(18)21-27(23,24)14-4-5-15-12(7-14)9-19(22)20-15/h4-5,7-8,10-11,21H,3,6,9H2,1-2H3,(H,20,22). The second-order valence-corrected chi connectivity index (χ2v) is 8.35. The van der Waals surface area contributed by atoms with Crippen molar-refractivity contribution in [3.05, 3.63) is 41.5 Å². The number of carbonyl (C=O) groups is 1. The first kappa shape index (κ1) is 17.7. The Bertz CT molecular complexity index is 1030. The van der Waals surface area contributed by atoms with Crippen molar-refractivity contribution in [3.63, 3.8) is 0 Å². The second-order valence-electron chi connectivity index (χ2n) is 6.67. The Balaban J connectivity index is 1.68. The number of amides is 1. The molecular formula is C19H20N2O5S. The number of carbonyl (C=O) groups excluding carboxylic acids is 1. The van der Waals surface area contributed by atoms with Gasteiger partial charge >= 0.3 is 0 Å². The summed E-state index contributed by atoms with van der Waals surface area (Å²) in [5, 5.41) is 2.69. The monoisotopic (exact) mass is 388 g/mol. The molecular weight excluding hydrogens is 368 g/mol. The van der Waals surface area contributed by atoms with Gasteiger partial charge in [-0.2, -0.15) is 0 Å². The average molecular weight is 388 g/mol. The van der Waals surface area contributed by atoms with Crippen LogP contribution in [0.2, 0.25) is 0 Å². The summed E-state index contributed by atoms with van der Waals surface area (Å²) in [6.45, 7) is 4.22. The van der Waals surface area contributed by atoms with Crippen molar-refractivity contribution in [3.8, 4) is 11.5 Å². The van der Waals surface area contributed by atoms with Crippen LogP contribution in [0.3, 0.4) is 0 Å². The van der Waals surface area contributed by atoms with E-state index in [1.807, 2.05) is 19.9 Å². The maximum Gasteiger partial charge on any atom is 0.262 e. The zero-order chi connectivity index (χ0) is 19.2. The van der Waals surface area contributed by atoms with Crippen LogP contribution in [0, 0.1) is 0 Å². The minimum Gasteiger partial charge on any atom is -0.492 e. The number of anilines is 2. The Morgan fingerprint density at radius 3 is 2.85 bits per heavy atom. The van der Waals surface area contributed by atoms with Crippen LogP contribution in [0.15, 0.2) is 35.2 Å². The molecule has 0 aliphatic carbocycles. The zero-order valence-corrected chi connectivity index (χ0v) is 15.9. The lowest BCUT2D eigenvalue weighted by molar-refractivity contribution is -0.115. The van der Waals surface area contributed by atoms with Gasteiger partial charge in [-0.3, -0.25) is 9.52 Å². The van der Waals surface area contributed by atoms with E-state index in [0.717, 1.165) is 12.0 Å². The summed E-state index contributed by atoms with van der Waals surface area (Å²) in [6, 6.07) is 8.08. The van der Waals surface area contributed by atoms with E-state index in [9.17, 15) is 13.2 Å². The first-order valence-electron chi connectivity index (χ1n) is 8.77. The molecule has 0 saturated heterocycles. The molecule has 2 aromatic carbocycles. The fraction of sp³-hybridized carbons (Fsp3) is 0.316. The van der Waals surface area contributed by atoms with Crippen LogP contribution in [0.5, 0.6) is 11.5 Å². The van der Waals surface area contributed by atoms with Gasteiger partial charge in [0.1, 0.15) is 17.6 Å². The molecule has 0 bridgehead atoms. The molecule has 7 nitrogen and oxygen atoms in total. The van der Waals surface area contributed by atoms with Gasteiger partial charge in [-0.25, -0.2) is 8.42 Å². The highest BCUT2D eigenvalue weighted by Crippen LogP contribution is 2.39. The first-order valence-corrected chi connectivity index (χ1v) is 10.3. The lowest BCUT2D eigenvalue weighted by Crippen LogP contribution is -2.14. The largest absolute Gasteiger partial charge is 0.492 e. The van der Waals surface area contributed by atoms with Gasteiger partial charge in [-0.05, 0) is 43.7 Å². The first-order chi connectivity index (χ1) is 12.9. The van der Waals surface area contributed by atoms with E-state index in [4.69, 9.17) is 9.47 Å². The van der Waals surface area contributed by atoms with Gasteiger partial charge in [0.15, 0.2) is 0 Å². The van der Waals surface area contributed by atoms with E-state index in [-0.39, 0.29) is 23.3 Å². The maximum absolute atomic E-state index is 12.9. The molecule has 0 radical (unpaired) electrons. The van der Waals surface area contributed by atoms with Crippen molar-refractivity contribution in [2.45, 2.75) is 37.7 Å². The molecule has 142 valence electrons. The van der Waals surface area contributed by atoms with Crippen molar-refractivity contribution in [2.75, 3.05) is 16.6 Å². The molecule has 0 saturated carbocycles. The Labute approximate surface area is 157 Å². The van der Waals surface area contributed by atoms with Crippen LogP contribution in [-0.2, 0) is 27.7 Å². The number of ether oxygens (including phenoxy) is 2. The topological polar surface area (TPSA) is 93.7 Å². The zero-order valence-electron chi connectivity index (χ0n) is 15.0. The Morgan fingerprint density at radius 1 is 1.26 bits per heavy atom. The minimum atomic E-state index is -3.85. The van der Waals surface area contributed by atoms with E-state index < -0.39 is 10.0 Å². The normalized spacial score (nSPS) is 17.7. The van der Waals surface area contributed by atoms with Crippen molar-refractivity contribution in [1.29, 1.82) is 0 Å². The molecule has 2 aliphatic heterocycles. The number of rotatable bonds is 5. The predicted molar refractivity (Wildman–Crippen MR) is 101 cm³/mol. The van der Waals surface area contributed by atoms with Gasteiger partial charge in [0.2, 0.25) is 5.91 Å². The number of fused-ring (bicyclic) bond motifs is 2. The second kappa shape index (κ2) is 6.45. The molecule has 2 aliphatic rings. The highest BCUT2D eigenvalue weighted by atomic mass is 32.2. The van der Waals surface area contributed by atoms with E-state index in [1.54, 1.807) is 12.1 Å². The van der Waals surface area contributed by atoms with Gasteiger partial charge in [-0.1, -0.05) is 0 Å². The Hall–Kier alpha value is -2.74. The fourth-order valence-electron chi connectivity index (χ4n) is 3.37. The van der Waals surface area contributed by atoms with E-state index in [2.05, 4.69) is 10.0 Å². The van der Waals surface area contributed by atoms with E-state index >= 15 is 0 Å². The highest BCUT2D eigenvalue weighted by molar-refractivity contribution is 7.92. The maximum atomic E-state index is 12.9. The lowest BCUT2D eigenvalue weighted by Gasteiger charge is -2.15. The Morgan fingerprint density at radius 2 is 2.07 bits per heavy atom. The van der Waals surface area contributed by atoms with Crippen molar-refractivity contribution < 1.29 is 22.7 Å². The molecule has 2 heterocycles. The van der Waals surface area contributed by atoms with Gasteiger partial charge < -0.3 is 14.8 Å². The summed E-state index contributed by atoms with van der Waals surface area (Å²) in [6.07, 6.45) is 0.977. The van der Waals surface area contributed by atoms with Crippen LogP contribution in [-0.4, -0.2) is 27.0 Å². The molecule has 2 aromatic rings. The molecule has 1 unspecified atom stereocenters. The van der Waals surface area contributed by atoms with E-state index in [1.165, 1.54) is 12.1 Å². The summed E-state index contributed by atoms with van der Waals surface area (Å²) >= 11 is 0. The summed E-state index contributed by atoms with van der Waals surface area (Å²) in [5.74, 6) is 0.985. The summed E-state index contributed by atoms with van der Waals surface area (Å²) in [5.41, 5.74) is 2.64. The minimum absolute atomic E-state index is 0.0445. The van der Waals surface area contributed by atoms with Crippen LogP contribution in [0.1, 0.15) is 25.0 Å². The molecule has 1 amide bonds. The van der Waals surface area contributed by atoms with Gasteiger partial charge in [-0.15, -0.1) is 0 Å². The van der Waals surface area contributed by atoms with Crippen molar-refractivity contribution in [1.82, 2.24) is 0 Å². The fourth-order valence-corrected chi connectivity index (χ4v) is 4.48. The molecule has 27 heavy (non-hydrogen) atoms. The molecule has 4 rings (SSSR count). The third-order valence-corrected chi connectivity index (χ3v) is 5.92. The molecule has 2 N–H and O–H groups in total. The molecule has 0 spiro atoms. The van der Waals surface area contributed by atoms with E-state index in [0.29, 0.717) is 35.0 Å². The van der Waals surface area contributed by atoms with Crippen LogP contribution >= 0.6 is 0 Å². The average Bonchev–Trinajstić information content (AvgIpc) is 3.14. The summed E-state index contributed by atoms with van der Waals surface area (Å²) in [7, 11) is -3.85. The number of benzene rings is 2. The quantitative estimate of drug-likeness (QED) is 0.821. The molecule has 8 heteroatoms. The van der Waals surface area contributed by atoms with Crippen LogP contribution in [0.4, 0.5) is 11.4 Å². The molecule has 0 aromatic heterocycles. The third-order valence-electron chi connectivity index (χ3n) is 4.55. The van der Waals surface area contributed by atoms with Gasteiger partial charge in [0, 0.05) is 23.7 Å². The highest BCUT2D eigenvalue weighted by Gasteiger charge is 2.26. The van der Waals surface area contributed by atoms with Crippen LogP contribution in [0.25, 0.3) is 0 Å². The van der Waals surface area contributed by atoms with Gasteiger partial charge in [0.05, 0.1) is 23.6 Å². The number of sulfonamides is 1. The number of nitrogens with one attached hydrogen (secondary N) is 2. The third kappa shape index (κ3) is 3.32. The van der Waals surface area contributed by atoms with Gasteiger partial charge in [0.25, 0.3) is 10.0 Å². The van der Waals surface area contributed by atoms with Crippen molar-refractivity contribution >= 4 is 27.3 Å². The summed E-state index contributed by atoms with van der Waals surface area (Å²) in [4.78, 5) is 11.6.